The third-order valence-electron chi connectivity index (χ3n) is 6.40. The Kier molecular flexibility index (Phi) is 4.67. The van der Waals surface area contributed by atoms with Gasteiger partial charge in [-0.1, -0.05) is 48.4 Å². The lowest BCUT2D eigenvalue weighted by atomic mass is 9.83. The van der Waals surface area contributed by atoms with Gasteiger partial charge in [0, 0.05) is 27.8 Å². The minimum absolute atomic E-state index is 0.0353. The molecule has 0 unspecified atom stereocenters. The summed E-state index contributed by atoms with van der Waals surface area (Å²) in [5.41, 5.74) is 2.76. The van der Waals surface area contributed by atoms with Crippen LogP contribution in [-0.2, 0) is 21.0 Å². The summed E-state index contributed by atoms with van der Waals surface area (Å²) in [6.45, 7) is 5.27. The lowest BCUT2D eigenvalue weighted by molar-refractivity contribution is -0.146. The standard InChI is InChI=1S/C24H25ClN2O2S/c1-23(2)15-27(21(28)17-9-6-10-17)24(30-23)19-13-18(25)11-12-20(19)26(22(24)29)14-16-7-4-3-5-8-16/h3-5,7-8,11-13,17H,6,9-10,14-15H2,1-2H3/t24-/m1/s1. The van der Waals surface area contributed by atoms with Crippen molar-refractivity contribution in [1.29, 1.82) is 0 Å². The van der Waals surface area contributed by atoms with Crippen molar-refractivity contribution in [2.24, 2.45) is 5.92 Å². The van der Waals surface area contributed by atoms with Crippen LogP contribution in [0.1, 0.15) is 44.2 Å². The maximum Gasteiger partial charge on any atom is 0.268 e. The summed E-state index contributed by atoms with van der Waals surface area (Å²) in [5, 5.41) is 0.587. The molecule has 1 aliphatic carbocycles. The fourth-order valence-corrected chi connectivity index (χ4v) is 6.69. The molecule has 3 aliphatic rings. The van der Waals surface area contributed by atoms with Crippen LogP contribution in [0, 0.1) is 5.92 Å². The van der Waals surface area contributed by atoms with Gasteiger partial charge in [0.25, 0.3) is 5.91 Å². The van der Waals surface area contributed by atoms with Crippen molar-refractivity contribution in [3.8, 4) is 0 Å². The molecule has 6 heteroatoms. The molecular weight excluding hydrogens is 416 g/mol. The number of halogens is 1. The van der Waals surface area contributed by atoms with E-state index in [1.165, 1.54) is 0 Å². The molecule has 156 valence electrons. The van der Waals surface area contributed by atoms with Gasteiger partial charge in [0.2, 0.25) is 5.91 Å². The number of carbonyl (C=O) groups excluding carboxylic acids is 2. The van der Waals surface area contributed by atoms with Crippen LogP contribution in [0.2, 0.25) is 5.02 Å². The second-order valence-corrected chi connectivity index (χ2v) is 11.4. The molecule has 4 nitrogen and oxygen atoms in total. The zero-order valence-electron chi connectivity index (χ0n) is 17.2. The first kappa shape index (κ1) is 20.0. The molecule has 2 heterocycles. The van der Waals surface area contributed by atoms with Crippen molar-refractivity contribution in [3.05, 3.63) is 64.7 Å². The van der Waals surface area contributed by atoms with Crippen molar-refractivity contribution in [2.45, 2.75) is 49.3 Å². The number of benzene rings is 2. The molecule has 1 spiro atoms. The first-order chi connectivity index (χ1) is 14.3. The first-order valence-corrected chi connectivity index (χ1v) is 11.7. The monoisotopic (exact) mass is 440 g/mol. The molecule has 2 amide bonds. The summed E-state index contributed by atoms with van der Waals surface area (Å²) < 4.78 is -0.225. The summed E-state index contributed by atoms with van der Waals surface area (Å²) in [5.74, 6) is 0.113. The second-order valence-electron chi connectivity index (χ2n) is 9.10. The van der Waals surface area contributed by atoms with Gasteiger partial charge in [-0.3, -0.25) is 9.59 Å². The van der Waals surface area contributed by atoms with E-state index in [1.54, 1.807) is 11.8 Å². The number of fused-ring (bicyclic) bond motifs is 2. The average Bonchev–Trinajstić information content (AvgIpc) is 3.08. The molecule has 2 aliphatic heterocycles. The van der Waals surface area contributed by atoms with Crippen molar-refractivity contribution in [2.75, 3.05) is 11.4 Å². The lowest BCUT2D eigenvalue weighted by Gasteiger charge is -2.37. The molecule has 5 rings (SSSR count). The normalized spacial score (nSPS) is 25.0. The molecule has 2 fully saturated rings. The highest BCUT2D eigenvalue weighted by atomic mass is 35.5. The van der Waals surface area contributed by atoms with Crippen molar-refractivity contribution < 1.29 is 9.59 Å². The SMILES string of the molecule is CC1(C)CN(C(=O)C2CCC2)[C@]2(S1)C(=O)N(Cc1ccccc1)c1ccc(Cl)cc12. The fourth-order valence-electron chi connectivity index (χ4n) is 4.79. The number of anilines is 1. The number of rotatable bonds is 3. The maximum atomic E-state index is 14.1. The molecule has 1 saturated heterocycles. The van der Waals surface area contributed by atoms with Gasteiger partial charge in [-0.2, -0.15) is 0 Å². The van der Waals surface area contributed by atoms with E-state index in [1.807, 2.05) is 58.3 Å². The molecule has 0 N–H and O–H groups in total. The molecule has 1 atom stereocenters. The quantitative estimate of drug-likeness (QED) is 0.659. The Balaban J connectivity index is 1.64. The molecular formula is C24H25ClN2O2S. The number of hydrogen-bond donors (Lipinski definition) is 0. The lowest BCUT2D eigenvalue weighted by Crippen LogP contribution is -2.52. The van der Waals surface area contributed by atoms with Crippen LogP contribution in [0.3, 0.4) is 0 Å². The van der Waals surface area contributed by atoms with Crippen molar-refractivity contribution in [3.63, 3.8) is 0 Å². The number of amides is 2. The van der Waals surface area contributed by atoms with Gasteiger partial charge < -0.3 is 9.80 Å². The average molecular weight is 441 g/mol. The Hall–Kier alpha value is -1.98. The van der Waals surface area contributed by atoms with E-state index in [0.29, 0.717) is 18.1 Å². The highest BCUT2D eigenvalue weighted by Crippen LogP contribution is 2.60. The molecule has 0 radical (unpaired) electrons. The number of hydrogen-bond acceptors (Lipinski definition) is 3. The summed E-state index contributed by atoms with van der Waals surface area (Å²) in [7, 11) is 0. The molecule has 2 aromatic carbocycles. The Morgan fingerprint density at radius 2 is 1.90 bits per heavy atom. The van der Waals surface area contributed by atoms with E-state index < -0.39 is 4.87 Å². The number of thioether (sulfide) groups is 1. The highest BCUT2D eigenvalue weighted by molar-refractivity contribution is 8.02. The number of carbonyl (C=O) groups is 2. The van der Waals surface area contributed by atoms with Crippen LogP contribution in [0.4, 0.5) is 5.69 Å². The van der Waals surface area contributed by atoms with Crippen LogP contribution in [0.5, 0.6) is 0 Å². The highest BCUT2D eigenvalue weighted by Gasteiger charge is 2.64. The van der Waals surface area contributed by atoms with E-state index >= 15 is 0 Å². The van der Waals surface area contributed by atoms with Gasteiger partial charge in [-0.25, -0.2) is 0 Å². The van der Waals surface area contributed by atoms with Gasteiger partial charge in [0.15, 0.2) is 4.87 Å². The number of nitrogens with zero attached hydrogens (tertiary/aromatic N) is 2. The molecule has 30 heavy (non-hydrogen) atoms. The van der Waals surface area contributed by atoms with Gasteiger partial charge in [-0.05, 0) is 50.5 Å². The fraction of sp³-hybridized carbons (Fsp3) is 0.417. The van der Waals surface area contributed by atoms with E-state index in [4.69, 9.17) is 11.6 Å². The molecule has 2 aromatic rings. The Bertz CT molecular complexity index is 1020. The van der Waals surface area contributed by atoms with E-state index in [2.05, 4.69) is 13.8 Å². The van der Waals surface area contributed by atoms with Gasteiger partial charge in [-0.15, -0.1) is 11.8 Å². The van der Waals surface area contributed by atoms with Gasteiger partial charge in [0.1, 0.15) is 0 Å². The Morgan fingerprint density at radius 3 is 2.57 bits per heavy atom. The topological polar surface area (TPSA) is 40.6 Å². The maximum absolute atomic E-state index is 14.1. The van der Waals surface area contributed by atoms with E-state index in [0.717, 1.165) is 36.1 Å². The van der Waals surface area contributed by atoms with Crippen molar-refractivity contribution in [1.82, 2.24) is 4.90 Å². The third-order valence-corrected chi connectivity index (χ3v) is 8.22. The molecule has 0 aromatic heterocycles. The second kappa shape index (κ2) is 7.03. The van der Waals surface area contributed by atoms with Crippen LogP contribution in [-0.4, -0.2) is 28.0 Å². The molecule has 1 saturated carbocycles. The Labute approximate surface area is 186 Å². The summed E-state index contributed by atoms with van der Waals surface area (Å²) >= 11 is 7.99. The van der Waals surface area contributed by atoms with Crippen molar-refractivity contribution >= 4 is 40.9 Å². The smallest absolute Gasteiger partial charge is 0.268 e. The zero-order chi connectivity index (χ0) is 21.1. The van der Waals surface area contributed by atoms with E-state index in [-0.39, 0.29) is 22.5 Å². The van der Waals surface area contributed by atoms with Crippen LogP contribution in [0.15, 0.2) is 48.5 Å². The summed E-state index contributed by atoms with van der Waals surface area (Å²) in [6.07, 6.45) is 2.92. The predicted molar refractivity (Wildman–Crippen MR) is 121 cm³/mol. The third kappa shape index (κ3) is 2.97. The Morgan fingerprint density at radius 1 is 1.17 bits per heavy atom. The van der Waals surface area contributed by atoms with Gasteiger partial charge >= 0.3 is 0 Å². The minimum Gasteiger partial charge on any atom is -0.314 e. The van der Waals surface area contributed by atoms with Crippen LogP contribution >= 0.6 is 23.4 Å². The first-order valence-electron chi connectivity index (χ1n) is 10.5. The largest absolute Gasteiger partial charge is 0.314 e. The minimum atomic E-state index is -1.04. The van der Waals surface area contributed by atoms with Crippen LogP contribution < -0.4 is 4.90 Å². The van der Waals surface area contributed by atoms with Gasteiger partial charge in [0.05, 0.1) is 12.2 Å². The summed E-state index contributed by atoms with van der Waals surface area (Å²) in [4.78, 5) is 30.3. The predicted octanol–water partition coefficient (Wildman–Crippen LogP) is 5.19. The van der Waals surface area contributed by atoms with Crippen LogP contribution in [0.25, 0.3) is 0 Å². The van der Waals surface area contributed by atoms with E-state index in [9.17, 15) is 9.59 Å². The zero-order valence-corrected chi connectivity index (χ0v) is 18.8. The summed E-state index contributed by atoms with van der Waals surface area (Å²) in [6, 6.07) is 15.6. The molecule has 0 bridgehead atoms.